The first kappa shape index (κ1) is 8.97. The fourth-order valence-corrected chi connectivity index (χ4v) is 1.65. The number of benzene rings is 1. The molecule has 0 amide bonds. The topological polar surface area (TPSA) is 39.2 Å². The quantitative estimate of drug-likeness (QED) is 0.650. The zero-order valence-corrected chi connectivity index (χ0v) is 8.46. The van der Waals surface area contributed by atoms with E-state index in [0.29, 0.717) is 5.89 Å². The van der Waals surface area contributed by atoms with E-state index in [9.17, 15) is 0 Å². The van der Waals surface area contributed by atoms with Crippen molar-refractivity contribution in [1.82, 2.24) is 4.98 Å². The number of aromatic nitrogens is 1. The molecule has 3 aromatic rings. The Kier molecular flexibility index (Phi) is 2.07. The van der Waals surface area contributed by atoms with E-state index in [2.05, 4.69) is 4.98 Å². The van der Waals surface area contributed by atoms with Crippen molar-refractivity contribution in [3.05, 3.63) is 55.1 Å². The summed E-state index contributed by atoms with van der Waals surface area (Å²) in [5.41, 5.74) is 1.89. The molecule has 0 saturated heterocycles. The van der Waals surface area contributed by atoms with Gasteiger partial charge in [0.25, 0.3) is 0 Å². The fraction of sp³-hybridized carbons (Fsp3) is 0. The highest BCUT2D eigenvalue weighted by Gasteiger charge is 2.13. The van der Waals surface area contributed by atoms with Crippen LogP contribution in [0, 0.1) is 0 Å². The summed E-state index contributed by atoms with van der Waals surface area (Å²) < 4.78 is 10.7. The van der Waals surface area contributed by atoms with Crippen molar-refractivity contribution < 1.29 is 8.83 Å². The number of nitrogens with zero attached hydrogens (tertiary/aromatic N) is 1. The average molecular weight is 211 g/mol. The van der Waals surface area contributed by atoms with Gasteiger partial charge in [0.1, 0.15) is 12.0 Å². The summed E-state index contributed by atoms with van der Waals surface area (Å²) in [4.78, 5) is 4.12. The van der Waals surface area contributed by atoms with Crippen LogP contribution >= 0.6 is 0 Å². The minimum Gasteiger partial charge on any atom is -0.464 e. The van der Waals surface area contributed by atoms with Gasteiger partial charge in [-0.15, -0.1) is 0 Å². The number of oxazole rings is 1. The molecule has 3 heteroatoms. The van der Waals surface area contributed by atoms with Gasteiger partial charge >= 0.3 is 0 Å². The predicted molar refractivity (Wildman–Crippen MR) is 59.6 cm³/mol. The molecule has 16 heavy (non-hydrogen) atoms. The lowest BCUT2D eigenvalue weighted by Crippen LogP contribution is -1.79. The Morgan fingerprint density at radius 3 is 2.50 bits per heavy atom. The van der Waals surface area contributed by atoms with Crippen molar-refractivity contribution in [2.75, 3.05) is 0 Å². The monoisotopic (exact) mass is 211 g/mol. The Morgan fingerprint density at radius 1 is 0.875 bits per heavy atom. The van der Waals surface area contributed by atoms with Gasteiger partial charge < -0.3 is 8.83 Å². The summed E-state index contributed by atoms with van der Waals surface area (Å²) in [6.07, 6.45) is 4.82. The van der Waals surface area contributed by atoms with Crippen LogP contribution in [-0.4, -0.2) is 4.98 Å². The zero-order valence-electron chi connectivity index (χ0n) is 8.46. The van der Waals surface area contributed by atoms with Gasteiger partial charge in [0, 0.05) is 5.56 Å². The van der Waals surface area contributed by atoms with E-state index in [1.54, 1.807) is 18.7 Å². The summed E-state index contributed by atoms with van der Waals surface area (Å²) in [6, 6.07) is 11.7. The molecule has 0 aliphatic carbocycles. The first-order chi connectivity index (χ1) is 7.95. The van der Waals surface area contributed by atoms with E-state index in [1.165, 1.54) is 0 Å². The lowest BCUT2D eigenvalue weighted by atomic mass is 10.1. The van der Waals surface area contributed by atoms with Crippen LogP contribution in [0.25, 0.3) is 22.8 Å². The van der Waals surface area contributed by atoms with Crippen molar-refractivity contribution in [2.45, 2.75) is 0 Å². The van der Waals surface area contributed by atoms with E-state index in [-0.39, 0.29) is 0 Å². The molecule has 0 N–H and O–H groups in total. The summed E-state index contributed by atoms with van der Waals surface area (Å²) in [6.45, 7) is 0. The molecule has 0 aliphatic heterocycles. The average Bonchev–Trinajstić information content (AvgIpc) is 3.01. The van der Waals surface area contributed by atoms with Gasteiger partial charge in [0.05, 0.1) is 18.0 Å². The zero-order chi connectivity index (χ0) is 10.8. The van der Waals surface area contributed by atoms with Crippen molar-refractivity contribution in [2.24, 2.45) is 0 Å². The van der Waals surface area contributed by atoms with Gasteiger partial charge in [-0.05, 0) is 6.07 Å². The maximum Gasteiger partial charge on any atom is 0.229 e. The Morgan fingerprint density at radius 2 is 1.75 bits per heavy atom. The van der Waals surface area contributed by atoms with Gasteiger partial charge in [-0.3, -0.25) is 0 Å². The molecule has 0 fully saturated rings. The smallest absolute Gasteiger partial charge is 0.229 e. The molecule has 2 heterocycles. The van der Waals surface area contributed by atoms with Gasteiger partial charge in [-0.2, -0.15) is 0 Å². The molecule has 0 saturated carbocycles. The van der Waals surface area contributed by atoms with Gasteiger partial charge in [-0.1, -0.05) is 30.3 Å². The van der Waals surface area contributed by atoms with Gasteiger partial charge in [-0.25, -0.2) is 4.98 Å². The molecule has 78 valence electrons. The standard InChI is InChI=1S/C13H9NO2/c1-2-4-10(5-3-1)12-11(6-8-15-12)13-14-7-9-16-13/h1-9H. The van der Waals surface area contributed by atoms with Crippen LogP contribution in [-0.2, 0) is 0 Å². The molecular weight excluding hydrogens is 202 g/mol. The number of hydrogen-bond acceptors (Lipinski definition) is 3. The molecule has 0 aliphatic rings. The third kappa shape index (κ3) is 1.42. The maximum atomic E-state index is 5.47. The van der Waals surface area contributed by atoms with E-state index < -0.39 is 0 Å². The van der Waals surface area contributed by atoms with Crippen molar-refractivity contribution in [3.8, 4) is 22.8 Å². The lowest BCUT2D eigenvalue weighted by molar-refractivity contribution is 0.566. The predicted octanol–water partition coefficient (Wildman–Crippen LogP) is 3.60. The van der Waals surface area contributed by atoms with Crippen LogP contribution in [0.4, 0.5) is 0 Å². The first-order valence-corrected chi connectivity index (χ1v) is 4.98. The summed E-state index contributed by atoms with van der Waals surface area (Å²) >= 11 is 0. The Balaban J connectivity index is 2.14. The maximum absolute atomic E-state index is 5.47. The normalized spacial score (nSPS) is 10.5. The first-order valence-electron chi connectivity index (χ1n) is 4.98. The largest absolute Gasteiger partial charge is 0.464 e. The highest BCUT2D eigenvalue weighted by atomic mass is 16.3. The second-order valence-corrected chi connectivity index (χ2v) is 3.37. The molecular formula is C13H9NO2. The van der Waals surface area contributed by atoms with Crippen molar-refractivity contribution in [3.63, 3.8) is 0 Å². The highest BCUT2D eigenvalue weighted by molar-refractivity contribution is 5.75. The second kappa shape index (κ2) is 3.70. The summed E-state index contributed by atoms with van der Waals surface area (Å²) in [5.74, 6) is 1.36. The van der Waals surface area contributed by atoms with Crippen LogP contribution in [0.3, 0.4) is 0 Å². The number of rotatable bonds is 2. The third-order valence-electron chi connectivity index (χ3n) is 2.36. The van der Waals surface area contributed by atoms with Gasteiger partial charge in [0.15, 0.2) is 0 Å². The Labute approximate surface area is 92.4 Å². The molecule has 1 aromatic carbocycles. The molecule has 2 aromatic heterocycles. The molecule has 3 nitrogen and oxygen atoms in total. The van der Waals surface area contributed by atoms with Crippen LogP contribution < -0.4 is 0 Å². The van der Waals surface area contributed by atoms with Crippen LogP contribution in [0.5, 0.6) is 0 Å². The number of hydrogen-bond donors (Lipinski definition) is 0. The van der Waals surface area contributed by atoms with Crippen LogP contribution in [0.1, 0.15) is 0 Å². The van der Waals surface area contributed by atoms with Gasteiger partial charge in [0.2, 0.25) is 5.89 Å². The van der Waals surface area contributed by atoms with Crippen LogP contribution in [0.15, 0.2) is 64.0 Å². The molecule has 0 radical (unpaired) electrons. The van der Waals surface area contributed by atoms with Crippen LogP contribution in [0.2, 0.25) is 0 Å². The fourth-order valence-electron chi connectivity index (χ4n) is 1.65. The SMILES string of the molecule is c1ccc(-c2occc2-c2ncco2)cc1. The molecule has 0 bridgehead atoms. The highest BCUT2D eigenvalue weighted by Crippen LogP contribution is 2.31. The minimum atomic E-state index is 0.576. The van der Waals surface area contributed by atoms with E-state index in [1.807, 2.05) is 36.4 Å². The summed E-state index contributed by atoms with van der Waals surface area (Å²) in [7, 11) is 0. The molecule has 0 atom stereocenters. The summed E-state index contributed by atoms with van der Waals surface area (Å²) in [5, 5.41) is 0. The minimum absolute atomic E-state index is 0.576. The molecule has 0 unspecified atom stereocenters. The molecule has 3 rings (SSSR count). The lowest BCUT2D eigenvalue weighted by Gasteiger charge is -1.98. The third-order valence-corrected chi connectivity index (χ3v) is 2.36. The Hall–Kier alpha value is -2.29. The van der Waals surface area contributed by atoms with Crippen molar-refractivity contribution >= 4 is 0 Å². The van der Waals surface area contributed by atoms with E-state index >= 15 is 0 Å². The van der Waals surface area contributed by atoms with E-state index in [0.717, 1.165) is 16.9 Å². The Bertz CT molecular complexity index is 567. The van der Waals surface area contributed by atoms with E-state index in [4.69, 9.17) is 8.83 Å². The second-order valence-electron chi connectivity index (χ2n) is 3.37. The van der Waals surface area contributed by atoms with Crippen molar-refractivity contribution in [1.29, 1.82) is 0 Å². The molecule has 0 spiro atoms. The number of furan rings is 1.